The first-order valence-electron chi connectivity index (χ1n) is 7.82. The normalized spacial score (nSPS) is 15.0. The molecule has 1 aromatic heterocycles. The lowest BCUT2D eigenvalue weighted by atomic mass is 10.1. The molecule has 0 spiro atoms. The first kappa shape index (κ1) is 18.3. The van der Waals surface area contributed by atoms with Crippen LogP contribution in [0, 0.1) is 13.8 Å². The molecule has 1 saturated heterocycles. The minimum absolute atomic E-state index is 0.125. The van der Waals surface area contributed by atoms with E-state index < -0.39 is 11.9 Å². The minimum Gasteiger partial charge on any atom is -0.478 e. The van der Waals surface area contributed by atoms with Crippen molar-refractivity contribution in [1.82, 2.24) is 15.2 Å². The monoisotopic (exact) mass is 385 g/mol. The summed E-state index contributed by atoms with van der Waals surface area (Å²) in [6.45, 7) is 3.59. The van der Waals surface area contributed by atoms with E-state index in [-0.39, 0.29) is 22.1 Å². The van der Waals surface area contributed by atoms with Crippen LogP contribution in [0.1, 0.15) is 37.7 Å². The Morgan fingerprint density at radius 1 is 1.04 bits per heavy atom. The third-order valence-corrected chi connectivity index (χ3v) is 4.36. The van der Waals surface area contributed by atoms with Crippen LogP contribution < -0.4 is 10.6 Å². The Morgan fingerprint density at radius 2 is 1.63 bits per heavy atom. The van der Waals surface area contributed by atoms with Gasteiger partial charge in [0.1, 0.15) is 5.70 Å². The number of amides is 1. The number of hydrogen-bond acceptors (Lipinski definition) is 4. The van der Waals surface area contributed by atoms with Gasteiger partial charge in [-0.25, -0.2) is 9.59 Å². The fourth-order valence-corrected chi connectivity index (χ4v) is 3.16. The van der Waals surface area contributed by atoms with E-state index in [1.807, 2.05) is 6.07 Å². The lowest BCUT2D eigenvalue weighted by Crippen LogP contribution is -2.21. The number of rotatable bonds is 4. The molecule has 0 bridgehead atoms. The van der Waals surface area contributed by atoms with Gasteiger partial charge in [0, 0.05) is 17.1 Å². The SMILES string of the molecule is Cc1cc(/C=C2\NC(=S)NC2=O)c(C)n1-c1cc(C(=O)O)cc(C(=O)O)c1. The molecule has 1 aliphatic rings. The van der Waals surface area contributed by atoms with E-state index in [4.69, 9.17) is 12.2 Å². The van der Waals surface area contributed by atoms with Gasteiger partial charge in [0.05, 0.1) is 11.1 Å². The Kier molecular flexibility index (Phi) is 4.54. The maximum Gasteiger partial charge on any atom is 0.335 e. The van der Waals surface area contributed by atoms with E-state index in [9.17, 15) is 24.6 Å². The average molecular weight is 385 g/mol. The molecule has 1 fully saturated rings. The predicted octanol–water partition coefficient (Wildman–Crippen LogP) is 1.84. The van der Waals surface area contributed by atoms with E-state index >= 15 is 0 Å². The third-order valence-electron chi connectivity index (χ3n) is 4.16. The van der Waals surface area contributed by atoms with Crippen molar-refractivity contribution in [2.24, 2.45) is 0 Å². The summed E-state index contributed by atoms with van der Waals surface area (Å²) >= 11 is 4.91. The molecular weight excluding hydrogens is 370 g/mol. The molecule has 0 aliphatic carbocycles. The van der Waals surface area contributed by atoms with Crippen molar-refractivity contribution in [1.29, 1.82) is 0 Å². The molecule has 138 valence electrons. The van der Waals surface area contributed by atoms with E-state index in [0.29, 0.717) is 22.6 Å². The van der Waals surface area contributed by atoms with Crippen LogP contribution in [0.3, 0.4) is 0 Å². The lowest BCUT2D eigenvalue weighted by molar-refractivity contribution is -0.115. The standard InChI is InChI=1S/C18H15N3O5S/c1-8-3-10(7-14-15(22)20-18(27)19-14)9(2)21(8)13-5-11(16(23)24)4-12(6-13)17(25)26/h3-7H,1-2H3,(H,23,24)(H,25,26)(H2,19,20,22,27)/b14-7-. The second kappa shape index (κ2) is 6.69. The van der Waals surface area contributed by atoms with Crippen molar-refractivity contribution in [3.63, 3.8) is 0 Å². The van der Waals surface area contributed by atoms with E-state index in [1.165, 1.54) is 12.1 Å². The van der Waals surface area contributed by atoms with Crippen molar-refractivity contribution in [2.45, 2.75) is 13.8 Å². The average Bonchev–Trinajstić information content (AvgIpc) is 3.05. The molecule has 2 aromatic rings. The second-order valence-corrected chi connectivity index (χ2v) is 6.42. The number of hydrogen-bond donors (Lipinski definition) is 4. The van der Waals surface area contributed by atoms with E-state index in [1.54, 1.807) is 24.5 Å². The largest absolute Gasteiger partial charge is 0.478 e. The lowest BCUT2D eigenvalue weighted by Gasteiger charge is -2.12. The van der Waals surface area contributed by atoms with Gasteiger partial charge in [-0.3, -0.25) is 10.1 Å². The van der Waals surface area contributed by atoms with Crippen LogP contribution in [0.15, 0.2) is 30.0 Å². The zero-order valence-electron chi connectivity index (χ0n) is 14.4. The summed E-state index contributed by atoms with van der Waals surface area (Å²) < 4.78 is 1.73. The third kappa shape index (κ3) is 3.44. The van der Waals surface area contributed by atoms with Crippen LogP contribution in [-0.4, -0.2) is 37.7 Å². The van der Waals surface area contributed by atoms with Crippen molar-refractivity contribution in [3.05, 3.63) is 58.0 Å². The number of carbonyl (C=O) groups excluding carboxylic acids is 1. The molecule has 1 aromatic carbocycles. The summed E-state index contributed by atoms with van der Waals surface area (Å²) in [5.41, 5.74) is 2.63. The Hall–Kier alpha value is -3.46. The molecular formula is C18H15N3O5S. The van der Waals surface area contributed by atoms with Gasteiger partial charge in [-0.15, -0.1) is 0 Å². The molecule has 0 unspecified atom stereocenters. The summed E-state index contributed by atoms with van der Waals surface area (Å²) in [5.74, 6) is -2.78. The zero-order chi connectivity index (χ0) is 19.9. The molecule has 8 nitrogen and oxygen atoms in total. The number of aromatic carboxylic acids is 2. The molecule has 9 heteroatoms. The minimum atomic E-state index is -1.22. The number of benzene rings is 1. The van der Waals surface area contributed by atoms with Crippen LogP contribution in [-0.2, 0) is 4.79 Å². The molecule has 0 radical (unpaired) electrons. The van der Waals surface area contributed by atoms with Crippen LogP contribution in [0.2, 0.25) is 0 Å². The molecule has 0 atom stereocenters. The van der Waals surface area contributed by atoms with Gasteiger partial charge < -0.3 is 20.1 Å². The highest BCUT2D eigenvalue weighted by Crippen LogP contribution is 2.25. The van der Waals surface area contributed by atoms with Crippen molar-refractivity contribution in [3.8, 4) is 5.69 Å². The summed E-state index contributed by atoms with van der Waals surface area (Å²) in [7, 11) is 0. The van der Waals surface area contributed by atoms with Gasteiger partial charge >= 0.3 is 11.9 Å². The van der Waals surface area contributed by atoms with Crippen molar-refractivity contribution >= 4 is 41.3 Å². The summed E-state index contributed by atoms with van der Waals surface area (Å²) in [5, 5.41) is 24.0. The molecule has 1 aliphatic heterocycles. The second-order valence-electron chi connectivity index (χ2n) is 6.01. The Labute approximate surface area is 159 Å². The summed E-state index contributed by atoms with van der Waals surface area (Å²) in [6, 6.07) is 5.73. The van der Waals surface area contributed by atoms with Gasteiger partial charge in [0.15, 0.2) is 5.11 Å². The van der Waals surface area contributed by atoms with Gasteiger partial charge in [0.25, 0.3) is 5.91 Å². The van der Waals surface area contributed by atoms with Gasteiger partial charge in [-0.1, -0.05) is 0 Å². The molecule has 2 heterocycles. The number of aryl methyl sites for hydroxylation is 1. The highest BCUT2D eigenvalue weighted by molar-refractivity contribution is 7.80. The first-order chi connectivity index (χ1) is 12.7. The maximum atomic E-state index is 11.8. The number of carboxylic acids is 2. The molecule has 0 saturated carbocycles. The van der Waals surface area contributed by atoms with Crippen LogP contribution in [0.5, 0.6) is 0 Å². The zero-order valence-corrected chi connectivity index (χ0v) is 15.2. The Morgan fingerprint density at radius 3 is 2.11 bits per heavy atom. The number of thiocarbonyl (C=S) groups is 1. The quantitative estimate of drug-likeness (QED) is 0.468. The first-order valence-corrected chi connectivity index (χ1v) is 8.23. The smallest absolute Gasteiger partial charge is 0.335 e. The van der Waals surface area contributed by atoms with Crippen LogP contribution in [0.25, 0.3) is 11.8 Å². The maximum absolute atomic E-state index is 11.8. The number of nitrogens with zero attached hydrogens (tertiary/aromatic N) is 1. The fraction of sp³-hybridized carbons (Fsp3) is 0.111. The highest BCUT2D eigenvalue weighted by Gasteiger charge is 2.21. The molecule has 27 heavy (non-hydrogen) atoms. The summed E-state index contributed by atoms with van der Waals surface area (Å²) in [4.78, 5) is 34.5. The fourth-order valence-electron chi connectivity index (χ4n) is 2.96. The Bertz CT molecular complexity index is 1020. The molecule has 1 amide bonds. The molecule has 4 N–H and O–H groups in total. The van der Waals surface area contributed by atoms with Gasteiger partial charge in [0.2, 0.25) is 0 Å². The predicted molar refractivity (Wildman–Crippen MR) is 101 cm³/mol. The van der Waals surface area contributed by atoms with Crippen molar-refractivity contribution < 1.29 is 24.6 Å². The number of carboxylic acid groups (broad SMARTS) is 2. The van der Waals surface area contributed by atoms with Crippen LogP contribution >= 0.6 is 12.2 Å². The van der Waals surface area contributed by atoms with Crippen LogP contribution in [0.4, 0.5) is 0 Å². The highest BCUT2D eigenvalue weighted by atomic mass is 32.1. The van der Waals surface area contributed by atoms with Crippen molar-refractivity contribution in [2.75, 3.05) is 0 Å². The Balaban J connectivity index is 2.14. The van der Waals surface area contributed by atoms with Gasteiger partial charge in [-0.05, 0) is 62.0 Å². The van der Waals surface area contributed by atoms with E-state index in [2.05, 4.69) is 10.6 Å². The van der Waals surface area contributed by atoms with Gasteiger partial charge in [-0.2, -0.15) is 0 Å². The number of nitrogens with one attached hydrogen (secondary N) is 2. The topological polar surface area (TPSA) is 121 Å². The van der Waals surface area contributed by atoms with E-state index in [0.717, 1.165) is 11.8 Å². The number of aromatic nitrogens is 1. The molecule has 3 rings (SSSR count). The summed E-state index contributed by atoms with van der Waals surface area (Å²) in [6.07, 6.45) is 1.63. The number of carbonyl (C=O) groups is 3.